The van der Waals surface area contributed by atoms with E-state index in [1.807, 2.05) is 6.07 Å². The zero-order valence-corrected chi connectivity index (χ0v) is 10.6. The summed E-state index contributed by atoms with van der Waals surface area (Å²) in [5.41, 5.74) is 5.85. The Morgan fingerprint density at radius 1 is 1.40 bits per heavy atom. The lowest BCUT2D eigenvalue weighted by atomic mass is 10.2. The summed E-state index contributed by atoms with van der Waals surface area (Å²) in [7, 11) is 0. The van der Waals surface area contributed by atoms with Gasteiger partial charge in [0.2, 0.25) is 5.91 Å². The number of rotatable bonds is 4. The molecule has 3 rings (SSSR count). The Morgan fingerprint density at radius 2 is 2.25 bits per heavy atom. The molecule has 0 aliphatic heterocycles. The van der Waals surface area contributed by atoms with Crippen molar-refractivity contribution < 1.29 is 14.0 Å². The topological polar surface area (TPSA) is 98.2 Å². The van der Waals surface area contributed by atoms with E-state index in [2.05, 4.69) is 10.3 Å². The lowest BCUT2D eigenvalue weighted by Gasteiger charge is -2.07. The zero-order valence-electron chi connectivity index (χ0n) is 10.6. The van der Waals surface area contributed by atoms with Crippen LogP contribution in [0.4, 0.5) is 5.69 Å². The quantitative estimate of drug-likeness (QED) is 0.880. The van der Waals surface area contributed by atoms with Crippen molar-refractivity contribution in [2.24, 2.45) is 11.7 Å². The van der Waals surface area contributed by atoms with Crippen LogP contribution in [-0.4, -0.2) is 16.8 Å². The summed E-state index contributed by atoms with van der Waals surface area (Å²) in [6.45, 7) is 0. The van der Waals surface area contributed by atoms with E-state index in [-0.39, 0.29) is 23.3 Å². The van der Waals surface area contributed by atoms with Crippen LogP contribution in [0.1, 0.15) is 28.5 Å². The number of primary amides is 1. The zero-order chi connectivity index (χ0) is 14.1. The first-order valence-corrected chi connectivity index (χ1v) is 6.25. The summed E-state index contributed by atoms with van der Waals surface area (Å²) in [6.07, 6.45) is 5.21. The molecular weight excluding hydrogens is 258 g/mol. The fraction of sp³-hybridized carbons (Fsp3) is 0.214. The predicted octanol–water partition coefficient (Wildman–Crippen LogP) is 1.52. The van der Waals surface area contributed by atoms with Gasteiger partial charge in [0.15, 0.2) is 0 Å². The minimum atomic E-state index is -0.596. The summed E-state index contributed by atoms with van der Waals surface area (Å²) in [5.74, 6) is 0.0372. The Bertz CT molecular complexity index is 651. The van der Waals surface area contributed by atoms with Crippen molar-refractivity contribution in [3.05, 3.63) is 48.2 Å². The van der Waals surface area contributed by atoms with Crippen LogP contribution in [-0.2, 0) is 4.79 Å². The van der Waals surface area contributed by atoms with Gasteiger partial charge in [-0.1, -0.05) is 0 Å². The number of nitrogens with one attached hydrogen (secondary N) is 1. The molecule has 0 aromatic carbocycles. The Hall–Kier alpha value is -2.63. The Labute approximate surface area is 115 Å². The monoisotopic (exact) mass is 271 g/mol. The van der Waals surface area contributed by atoms with Crippen LogP contribution in [0.5, 0.6) is 0 Å². The van der Waals surface area contributed by atoms with Gasteiger partial charge < -0.3 is 15.5 Å². The molecule has 6 heteroatoms. The van der Waals surface area contributed by atoms with Gasteiger partial charge in [-0.2, -0.15) is 0 Å². The standard InChI is InChI=1S/C14H13N3O3/c15-13(18)8-3-4-16-7-11(8)17-14(19)10-6-9(10)12-2-1-5-20-12/h1-5,7,9-10H,6H2,(H2,15,18)(H,17,19)/t9-,10-/m1/s1. The molecule has 1 aliphatic carbocycles. The Balaban J connectivity index is 1.70. The summed E-state index contributed by atoms with van der Waals surface area (Å²) < 4.78 is 5.28. The number of amides is 2. The molecule has 6 nitrogen and oxygen atoms in total. The van der Waals surface area contributed by atoms with Gasteiger partial charge in [-0.25, -0.2) is 0 Å². The first kappa shape index (κ1) is 12.4. The average molecular weight is 271 g/mol. The number of hydrogen-bond donors (Lipinski definition) is 2. The van der Waals surface area contributed by atoms with E-state index in [1.165, 1.54) is 18.5 Å². The molecule has 1 fully saturated rings. The molecule has 2 amide bonds. The van der Waals surface area contributed by atoms with E-state index >= 15 is 0 Å². The molecule has 1 saturated carbocycles. The van der Waals surface area contributed by atoms with Crippen molar-refractivity contribution in [1.29, 1.82) is 0 Å². The van der Waals surface area contributed by atoms with E-state index in [1.54, 1.807) is 12.3 Å². The van der Waals surface area contributed by atoms with Gasteiger partial charge in [-0.05, 0) is 24.6 Å². The fourth-order valence-corrected chi connectivity index (χ4v) is 2.24. The van der Waals surface area contributed by atoms with Gasteiger partial charge in [0, 0.05) is 18.0 Å². The van der Waals surface area contributed by atoms with Gasteiger partial charge in [0.05, 0.1) is 23.7 Å². The SMILES string of the molecule is NC(=O)c1ccncc1NC(=O)[C@@H]1C[C@H]1c1ccco1. The maximum absolute atomic E-state index is 12.1. The fourth-order valence-electron chi connectivity index (χ4n) is 2.24. The number of aromatic nitrogens is 1. The third-order valence-corrected chi connectivity index (χ3v) is 3.38. The lowest BCUT2D eigenvalue weighted by molar-refractivity contribution is -0.117. The highest BCUT2D eigenvalue weighted by molar-refractivity contribution is 6.03. The molecule has 0 radical (unpaired) electrons. The number of carbonyl (C=O) groups is 2. The van der Waals surface area contributed by atoms with E-state index in [4.69, 9.17) is 10.2 Å². The molecular formula is C14H13N3O3. The second-order valence-electron chi connectivity index (χ2n) is 4.74. The molecule has 2 aromatic heterocycles. The number of anilines is 1. The minimum absolute atomic E-state index is 0.110. The molecule has 102 valence electrons. The predicted molar refractivity (Wildman–Crippen MR) is 70.9 cm³/mol. The first-order valence-electron chi connectivity index (χ1n) is 6.25. The Morgan fingerprint density at radius 3 is 2.95 bits per heavy atom. The lowest BCUT2D eigenvalue weighted by Crippen LogP contribution is -2.19. The summed E-state index contributed by atoms with van der Waals surface area (Å²) in [6, 6.07) is 5.14. The molecule has 0 bridgehead atoms. The van der Waals surface area contributed by atoms with Crippen molar-refractivity contribution in [2.45, 2.75) is 12.3 Å². The molecule has 1 aliphatic rings. The van der Waals surface area contributed by atoms with Gasteiger partial charge in [0.25, 0.3) is 5.91 Å². The maximum atomic E-state index is 12.1. The van der Waals surface area contributed by atoms with Crippen molar-refractivity contribution >= 4 is 17.5 Å². The molecule has 2 aromatic rings. The van der Waals surface area contributed by atoms with Crippen LogP contribution in [0.25, 0.3) is 0 Å². The number of carbonyl (C=O) groups excluding carboxylic acids is 2. The maximum Gasteiger partial charge on any atom is 0.250 e. The van der Waals surface area contributed by atoms with Crippen molar-refractivity contribution in [3.63, 3.8) is 0 Å². The number of pyridine rings is 1. The molecule has 0 saturated heterocycles. The van der Waals surface area contributed by atoms with Crippen molar-refractivity contribution in [2.75, 3.05) is 5.32 Å². The van der Waals surface area contributed by atoms with Crippen LogP contribution >= 0.6 is 0 Å². The highest BCUT2D eigenvalue weighted by Crippen LogP contribution is 2.48. The third-order valence-electron chi connectivity index (χ3n) is 3.38. The van der Waals surface area contributed by atoms with Crippen molar-refractivity contribution in [3.8, 4) is 0 Å². The minimum Gasteiger partial charge on any atom is -0.469 e. The second kappa shape index (κ2) is 4.80. The summed E-state index contributed by atoms with van der Waals surface area (Å²) in [5, 5.41) is 2.70. The van der Waals surface area contributed by atoms with E-state index in [0.717, 1.165) is 12.2 Å². The molecule has 0 unspecified atom stereocenters. The van der Waals surface area contributed by atoms with Gasteiger partial charge in [-0.3, -0.25) is 14.6 Å². The molecule has 2 atom stereocenters. The average Bonchev–Trinajstić information content (AvgIpc) is 3.05. The molecule has 2 heterocycles. The Kier molecular flexibility index (Phi) is 2.98. The number of furan rings is 1. The smallest absolute Gasteiger partial charge is 0.250 e. The third kappa shape index (κ3) is 2.27. The summed E-state index contributed by atoms with van der Waals surface area (Å²) >= 11 is 0. The molecule has 20 heavy (non-hydrogen) atoms. The van der Waals surface area contributed by atoms with Crippen LogP contribution in [0.3, 0.4) is 0 Å². The number of nitrogens with two attached hydrogens (primary N) is 1. The van der Waals surface area contributed by atoms with Gasteiger partial charge in [0.1, 0.15) is 5.76 Å². The summed E-state index contributed by atoms with van der Waals surface area (Å²) in [4.78, 5) is 27.3. The van der Waals surface area contributed by atoms with Crippen LogP contribution < -0.4 is 11.1 Å². The van der Waals surface area contributed by atoms with Crippen LogP contribution in [0.2, 0.25) is 0 Å². The van der Waals surface area contributed by atoms with E-state index in [0.29, 0.717) is 5.69 Å². The second-order valence-corrected chi connectivity index (χ2v) is 4.74. The number of hydrogen-bond acceptors (Lipinski definition) is 4. The van der Waals surface area contributed by atoms with E-state index < -0.39 is 5.91 Å². The van der Waals surface area contributed by atoms with Crippen LogP contribution in [0, 0.1) is 5.92 Å². The van der Waals surface area contributed by atoms with Gasteiger partial charge in [-0.15, -0.1) is 0 Å². The first-order chi connectivity index (χ1) is 9.66. The molecule has 0 spiro atoms. The number of nitrogens with zero attached hydrogens (tertiary/aromatic N) is 1. The van der Waals surface area contributed by atoms with Crippen LogP contribution in [0.15, 0.2) is 41.3 Å². The highest BCUT2D eigenvalue weighted by Gasteiger charge is 2.46. The normalized spacial score (nSPS) is 20.4. The molecule has 3 N–H and O–H groups in total. The van der Waals surface area contributed by atoms with Gasteiger partial charge >= 0.3 is 0 Å². The highest BCUT2D eigenvalue weighted by atomic mass is 16.3. The largest absolute Gasteiger partial charge is 0.469 e. The van der Waals surface area contributed by atoms with Crippen molar-refractivity contribution in [1.82, 2.24) is 4.98 Å². The van der Waals surface area contributed by atoms with E-state index in [9.17, 15) is 9.59 Å².